The van der Waals surface area contributed by atoms with E-state index in [9.17, 15) is 4.79 Å². The van der Waals surface area contributed by atoms with E-state index in [1.807, 2.05) is 43.0 Å². The summed E-state index contributed by atoms with van der Waals surface area (Å²) in [6.07, 6.45) is 1.02. The van der Waals surface area contributed by atoms with Crippen molar-refractivity contribution < 1.29 is 9.53 Å². The zero-order valence-corrected chi connectivity index (χ0v) is 10.3. The summed E-state index contributed by atoms with van der Waals surface area (Å²) in [5.74, 6) is 3.35. The van der Waals surface area contributed by atoms with Crippen LogP contribution in [0.25, 0.3) is 0 Å². The average molecular weight is 236 g/mol. The van der Waals surface area contributed by atoms with Gasteiger partial charge in [-0.2, -0.15) is 11.8 Å². The topological polar surface area (TPSA) is 26.3 Å². The first-order valence-corrected chi connectivity index (χ1v) is 6.81. The Balaban J connectivity index is 2.12. The van der Waals surface area contributed by atoms with Gasteiger partial charge in [-0.3, -0.25) is 4.79 Å². The third kappa shape index (κ3) is 2.59. The normalized spacial score (nSPS) is 19.7. The molecule has 0 spiro atoms. The van der Waals surface area contributed by atoms with Crippen molar-refractivity contribution in [3.05, 3.63) is 29.8 Å². The Morgan fingerprint density at radius 3 is 3.12 bits per heavy atom. The molecule has 1 unspecified atom stereocenters. The van der Waals surface area contributed by atoms with Crippen LogP contribution >= 0.6 is 11.8 Å². The Bertz CT molecular complexity index is 370. The van der Waals surface area contributed by atoms with Crippen LogP contribution in [0.2, 0.25) is 0 Å². The highest BCUT2D eigenvalue weighted by Gasteiger charge is 2.24. The number of rotatable bonds is 4. The predicted molar refractivity (Wildman–Crippen MR) is 67.4 cm³/mol. The monoisotopic (exact) mass is 236 g/mol. The van der Waals surface area contributed by atoms with Crippen LogP contribution in [0.4, 0.5) is 0 Å². The van der Waals surface area contributed by atoms with Crippen LogP contribution < -0.4 is 4.74 Å². The molecule has 0 radical (unpaired) electrons. The van der Waals surface area contributed by atoms with Crippen molar-refractivity contribution in [2.45, 2.75) is 13.3 Å². The Morgan fingerprint density at radius 1 is 1.56 bits per heavy atom. The van der Waals surface area contributed by atoms with Gasteiger partial charge in [0.25, 0.3) is 0 Å². The fraction of sp³-hybridized carbons (Fsp3) is 0.462. The SMILES string of the molecule is CCOc1cccc(C(=O)C2CCSC2)c1. The lowest BCUT2D eigenvalue weighted by molar-refractivity contribution is 0.0933. The van der Waals surface area contributed by atoms with Gasteiger partial charge in [-0.1, -0.05) is 12.1 Å². The standard InChI is InChI=1S/C13H16O2S/c1-2-15-12-5-3-4-10(8-12)13(14)11-6-7-16-9-11/h3-5,8,11H,2,6-7,9H2,1H3. The molecule has 1 saturated heterocycles. The smallest absolute Gasteiger partial charge is 0.166 e. The number of carbonyl (C=O) groups excluding carboxylic acids is 1. The molecule has 0 aromatic heterocycles. The van der Waals surface area contributed by atoms with E-state index in [1.165, 1.54) is 0 Å². The Kier molecular flexibility index (Phi) is 3.88. The summed E-state index contributed by atoms with van der Waals surface area (Å²) in [5, 5.41) is 0. The van der Waals surface area contributed by atoms with Crippen LogP contribution in [0.3, 0.4) is 0 Å². The van der Waals surface area contributed by atoms with Crippen LogP contribution in [0.1, 0.15) is 23.7 Å². The molecule has 0 N–H and O–H groups in total. The molecule has 1 atom stereocenters. The summed E-state index contributed by atoms with van der Waals surface area (Å²) in [4.78, 5) is 12.1. The molecule has 3 heteroatoms. The van der Waals surface area contributed by atoms with E-state index < -0.39 is 0 Å². The summed E-state index contributed by atoms with van der Waals surface area (Å²) >= 11 is 1.87. The third-order valence-electron chi connectivity index (χ3n) is 2.73. The molecule has 16 heavy (non-hydrogen) atoms. The van der Waals surface area contributed by atoms with Gasteiger partial charge >= 0.3 is 0 Å². The second-order valence-corrected chi connectivity index (χ2v) is 5.04. The molecule has 0 aliphatic carbocycles. The van der Waals surface area contributed by atoms with E-state index in [-0.39, 0.29) is 11.7 Å². The van der Waals surface area contributed by atoms with Crippen LogP contribution in [0, 0.1) is 5.92 Å². The number of thioether (sulfide) groups is 1. The molecule has 1 heterocycles. The predicted octanol–water partition coefficient (Wildman–Crippen LogP) is 3.02. The van der Waals surface area contributed by atoms with Gasteiger partial charge in [0.05, 0.1) is 6.61 Å². The van der Waals surface area contributed by atoms with E-state index in [4.69, 9.17) is 4.74 Å². The van der Waals surface area contributed by atoms with Gasteiger partial charge in [0.1, 0.15) is 5.75 Å². The van der Waals surface area contributed by atoms with E-state index in [0.717, 1.165) is 29.2 Å². The second-order valence-electron chi connectivity index (χ2n) is 3.89. The summed E-state index contributed by atoms with van der Waals surface area (Å²) in [7, 11) is 0. The zero-order chi connectivity index (χ0) is 11.4. The van der Waals surface area contributed by atoms with Crippen molar-refractivity contribution in [3.8, 4) is 5.75 Å². The molecule has 1 aliphatic rings. The van der Waals surface area contributed by atoms with Crippen LogP contribution in [-0.2, 0) is 0 Å². The first-order valence-electron chi connectivity index (χ1n) is 5.66. The quantitative estimate of drug-likeness (QED) is 0.752. The van der Waals surface area contributed by atoms with E-state index in [2.05, 4.69) is 0 Å². The molecule has 1 fully saturated rings. The van der Waals surface area contributed by atoms with Crippen LogP contribution in [0.15, 0.2) is 24.3 Å². The molecule has 1 aromatic rings. The minimum Gasteiger partial charge on any atom is -0.494 e. The lowest BCUT2D eigenvalue weighted by Crippen LogP contribution is -2.13. The van der Waals surface area contributed by atoms with Crippen LogP contribution in [-0.4, -0.2) is 23.9 Å². The maximum Gasteiger partial charge on any atom is 0.166 e. The van der Waals surface area contributed by atoms with E-state index >= 15 is 0 Å². The summed E-state index contributed by atoms with van der Waals surface area (Å²) in [5.41, 5.74) is 0.790. The minimum absolute atomic E-state index is 0.210. The Labute approximate surface area is 100 Å². The van der Waals surface area contributed by atoms with Crippen molar-refractivity contribution in [1.82, 2.24) is 0 Å². The lowest BCUT2D eigenvalue weighted by Gasteiger charge is -2.09. The third-order valence-corrected chi connectivity index (χ3v) is 3.89. The molecule has 0 saturated carbocycles. The Hall–Kier alpha value is -0.960. The van der Waals surface area contributed by atoms with Crippen molar-refractivity contribution in [2.24, 2.45) is 5.92 Å². The summed E-state index contributed by atoms with van der Waals surface area (Å²) in [6.45, 7) is 2.58. The van der Waals surface area contributed by atoms with Crippen molar-refractivity contribution >= 4 is 17.5 Å². The molecule has 1 aromatic carbocycles. The molecule has 86 valence electrons. The second kappa shape index (κ2) is 5.39. The Morgan fingerprint density at radius 2 is 2.44 bits per heavy atom. The molecule has 0 bridgehead atoms. The average Bonchev–Trinajstić information content (AvgIpc) is 2.82. The van der Waals surface area contributed by atoms with Crippen molar-refractivity contribution in [1.29, 1.82) is 0 Å². The van der Waals surface area contributed by atoms with Gasteiger partial charge in [0, 0.05) is 17.2 Å². The number of ether oxygens (including phenoxy) is 1. The first-order chi connectivity index (χ1) is 7.81. The van der Waals surface area contributed by atoms with Crippen molar-refractivity contribution in [2.75, 3.05) is 18.1 Å². The highest BCUT2D eigenvalue weighted by molar-refractivity contribution is 7.99. The maximum absolute atomic E-state index is 12.1. The van der Waals surface area contributed by atoms with Gasteiger partial charge in [0.15, 0.2) is 5.78 Å². The molecular weight excluding hydrogens is 220 g/mol. The number of benzene rings is 1. The minimum atomic E-state index is 0.210. The lowest BCUT2D eigenvalue weighted by atomic mass is 9.97. The molecule has 1 aliphatic heterocycles. The van der Waals surface area contributed by atoms with Gasteiger partial charge in [-0.15, -0.1) is 0 Å². The first kappa shape index (κ1) is 11.5. The van der Waals surface area contributed by atoms with Gasteiger partial charge in [-0.25, -0.2) is 0 Å². The number of carbonyl (C=O) groups is 1. The van der Waals surface area contributed by atoms with Gasteiger partial charge in [-0.05, 0) is 31.2 Å². The largest absolute Gasteiger partial charge is 0.494 e. The summed E-state index contributed by atoms with van der Waals surface area (Å²) < 4.78 is 5.40. The number of Topliss-reactive ketones (excluding diaryl/α,β-unsaturated/α-hetero) is 1. The maximum atomic E-state index is 12.1. The fourth-order valence-electron chi connectivity index (χ4n) is 1.88. The number of ketones is 1. The molecule has 2 rings (SSSR count). The number of hydrogen-bond acceptors (Lipinski definition) is 3. The van der Waals surface area contributed by atoms with E-state index in [0.29, 0.717) is 6.61 Å². The molecular formula is C13H16O2S. The highest BCUT2D eigenvalue weighted by atomic mass is 32.2. The van der Waals surface area contributed by atoms with E-state index in [1.54, 1.807) is 0 Å². The summed E-state index contributed by atoms with van der Waals surface area (Å²) in [6, 6.07) is 7.52. The number of hydrogen-bond donors (Lipinski definition) is 0. The highest BCUT2D eigenvalue weighted by Crippen LogP contribution is 2.27. The fourth-order valence-corrected chi connectivity index (χ4v) is 3.10. The zero-order valence-electron chi connectivity index (χ0n) is 9.44. The van der Waals surface area contributed by atoms with Gasteiger partial charge < -0.3 is 4.74 Å². The molecule has 0 amide bonds. The van der Waals surface area contributed by atoms with Gasteiger partial charge in [0.2, 0.25) is 0 Å². The van der Waals surface area contributed by atoms with Crippen molar-refractivity contribution in [3.63, 3.8) is 0 Å². The van der Waals surface area contributed by atoms with Crippen LogP contribution in [0.5, 0.6) is 5.75 Å². The molecule has 2 nitrogen and oxygen atoms in total.